The number of fused-ring (bicyclic) bond motifs is 1. The van der Waals surface area contributed by atoms with Crippen LogP contribution in [0.5, 0.6) is 11.5 Å². The van der Waals surface area contributed by atoms with Gasteiger partial charge in [-0.25, -0.2) is 0 Å². The molecule has 4 nitrogen and oxygen atoms in total. The Morgan fingerprint density at radius 1 is 0.885 bits per heavy atom. The first-order valence-corrected chi connectivity index (χ1v) is 8.87. The van der Waals surface area contributed by atoms with E-state index in [9.17, 15) is 4.79 Å². The van der Waals surface area contributed by atoms with E-state index in [-0.39, 0.29) is 5.43 Å². The molecule has 26 heavy (non-hydrogen) atoms. The van der Waals surface area contributed by atoms with Crippen LogP contribution in [0.25, 0.3) is 32.0 Å². The lowest BCUT2D eigenvalue weighted by Gasteiger charge is -2.08. The van der Waals surface area contributed by atoms with Crippen LogP contribution in [-0.2, 0) is 0 Å². The molecule has 2 aromatic heterocycles. The van der Waals surface area contributed by atoms with Gasteiger partial charge in [0.2, 0.25) is 0 Å². The zero-order valence-electron chi connectivity index (χ0n) is 14.3. The summed E-state index contributed by atoms with van der Waals surface area (Å²) in [6, 6.07) is 18.5. The molecule has 0 aliphatic carbocycles. The average molecular weight is 364 g/mol. The average Bonchev–Trinajstić information content (AvgIpc) is 3.17. The van der Waals surface area contributed by atoms with Crippen molar-refractivity contribution in [2.75, 3.05) is 14.2 Å². The van der Waals surface area contributed by atoms with Crippen molar-refractivity contribution in [3.05, 3.63) is 70.9 Å². The molecule has 130 valence electrons. The van der Waals surface area contributed by atoms with Crippen molar-refractivity contribution in [1.82, 2.24) is 0 Å². The molecular formula is C21H16O4S. The Hall–Kier alpha value is -3.05. The molecule has 0 radical (unpaired) electrons. The monoisotopic (exact) mass is 364 g/mol. The summed E-state index contributed by atoms with van der Waals surface area (Å²) >= 11 is 1.55. The fourth-order valence-corrected chi connectivity index (χ4v) is 3.83. The quantitative estimate of drug-likeness (QED) is 0.499. The Morgan fingerprint density at radius 2 is 1.69 bits per heavy atom. The highest BCUT2D eigenvalue weighted by molar-refractivity contribution is 7.18. The highest BCUT2D eigenvalue weighted by Crippen LogP contribution is 2.40. The number of rotatable bonds is 4. The van der Waals surface area contributed by atoms with Crippen LogP contribution in [0.3, 0.4) is 0 Å². The van der Waals surface area contributed by atoms with Crippen LogP contribution in [0, 0.1) is 0 Å². The summed E-state index contributed by atoms with van der Waals surface area (Å²) in [7, 11) is 3.26. The first-order chi connectivity index (χ1) is 12.7. The molecule has 2 aromatic carbocycles. The number of ether oxygens (including phenoxy) is 2. The summed E-state index contributed by atoms with van der Waals surface area (Å²) in [5, 5.41) is 0.588. The SMILES string of the molecule is COc1ccc(-c2ccc(-c3cc(=O)c4ccccc4o3)s2)c(OC)c1. The molecule has 0 unspecified atom stereocenters. The Kier molecular flexibility index (Phi) is 4.22. The molecule has 0 atom stereocenters. The van der Waals surface area contributed by atoms with Crippen molar-refractivity contribution in [3.63, 3.8) is 0 Å². The molecule has 2 heterocycles. The zero-order valence-corrected chi connectivity index (χ0v) is 15.1. The van der Waals surface area contributed by atoms with Crippen molar-refractivity contribution in [3.8, 4) is 32.6 Å². The van der Waals surface area contributed by atoms with Crippen molar-refractivity contribution in [1.29, 1.82) is 0 Å². The third-order valence-corrected chi connectivity index (χ3v) is 5.29. The van der Waals surface area contributed by atoms with Crippen LogP contribution in [0.4, 0.5) is 0 Å². The van der Waals surface area contributed by atoms with E-state index in [1.54, 1.807) is 43.8 Å². The number of methoxy groups -OCH3 is 2. The van der Waals surface area contributed by atoms with Gasteiger partial charge in [-0.05, 0) is 36.4 Å². The van der Waals surface area contributed by atoms with Gasteiger partial charge in [-0.3, -0.25) is 4.79 Å². The maximum Gasteiger partial charge on any atom is 0.193 e. The molecule has 4 rings (SSSR count). The van der Waals surface area contributed by atoms with Gasteiger partial charge in [-0.1, -0.05) is 12.1 Å². The summed E-state index contributed by atoms with van der Waals surface area (Å²) in [6.07, 6.45) is 0. The highest BCUT2D eigenvalue weighted by Gasteiger charge is 2.13. The van der Waals surface area contributed by atoms with Crippen LogP contribution >= 0.6 is 11.3 Å². The van der Waals surface area contributed by atoms with Crippen molar-refractivity contribution in [2.24, 2.45) is 0 Å². The Labute approximate surface area is 154 Å². The molecule has 0 aliphatic heterocycles. The largest absolute Gasteiger partial charge is 0.497 e. The summed E-state index contributed by atoms with van der Waals surface area (Å²) in [5.74, 6) is 2.04. The summed E-state index contributed by atoms with van der Waals surface area (Å²) in [5.41, 5.74) is 1.51. The van der Waals surface area contributed by atoms with Crippen LogP contribution in [0.15, 0.2) is 69.9 Å². The second-order valence-electron chi connectivity index (χ2n) is 5.70. The predicted molar refractivity (Wildman–Crippen MR) is 104 cm³/mol. The second-order valence-corrected chi connectivity index (χ2v) is 6.78. The standard InChI is InChI=1S/C21H16O4S/c1-23-13-7-8-15(18(11-13)24-2)20-9-10-21(26-20)19-12-16(22)14-5-3-4-6-17(14)25-19/h3-12H,1-2H3. The van der Waals surface area contributed by atoms with Gasteiger partial charge in [0.25, 0.3) is 0 Å². The van der Waals surface area contributed by atoms with Crippen LogP contribution in [-0.4, -0.2) is 14.2 Å². The second kappa shape index (κ2) is 6.69. The maximum atomic E-state index is 12.3. The van der Waals surface area contributed by atoms with E-state index < -0.39 is 0 Å². The van der Waals surface area contributed by atoms with Gasteiger partial charge >= 0.3 is 0 Å². The minimum atomic E-state index is -0.0428. The number of benzene rings is 2. The molecule has 0 saturated heterocycles. The van der Waals surface area contributed by atoms with Gasteiger partial charge in [-0.2, -0.15) is 0 Å². The van der Waals surface area contributed by atoms with Crippen molar-refractivity contribution < 1.29 is 13.9 Å². The molecule has 5 heteroatoms. The van der Waals surface area contributed by atoms with Crippen LogP contribution < -0.4 is 14.9 Å². The molecule has 0 N–H and O–H groups in total. The molecule has 0 aliphatic rings. The third kappa shape index (κ3) is 2.86. The maximum absolute atomic E-state index is 12.3. The summed E-state index contributed by atoms with van der Waals surface area (Å²) in [6.45, 7) is 0. The molecular weight excluding hydrogens is 348 g/mol. The zero-order chi connectivity index (χ0) is 18.1. The minimum absolute atomic E-state index is 0.0428. The van der Waals surface area contributed by atoms with E-state index in [0.717, 1.165) is 26.8 Å². The van der Waals surface area contributed by atoms with Crippen molar-refractivity contribution in [2.45, 2.75) is 0 Å². The fourth-order valence-electron chi connectivity index (χ4n) is 2.84. The van der Waals surface area contributed by atoms with Gasteiger partial charge in [0.1, 0.15) is 22.8 Å². The number of hydrogen-bond acceptors (Lipinski definition) is 5. The van der Waals surface area contributed by atoms with Gasteiger partial charge in [0.15, 0.2) is 5.43 Å². The number of para-hydroxylation sites is 1. The van der Waals surface area contributed by atoms with Gasteiger partial charge in [0.05, 0.1) is 24.5 Å². The summed E-state index contributed by atoms with van der Waals surface area (Å²) in [4.78, 5) is 14.2. The van der Waals surface area contributed by atoms with E-state index in [1.807, 2.05) is 42.5 Å². The van der Waals surface area contributed by atoms with E-state index in [4.69, 9.17) is 13.9 Å². The number of thiophene rings is 1. The van der Waals surface area contributed by atoms with Gasteiger partial charge in [-0.15, -0.1) is 11.3 Å². The lowest BCUT2D eigenvalue weighted by molar-refractivity contribution is 0.395. The smallest absolute Gasteiger partial charge is 0.193 e. The lowest BCUT2D eigenvalue weighted by atomic mass is 10.1. The van der Waals surface area contributed by atoms with E-state index in [1.165, 1.54) is 0 Å². The molecule has 0 spiro atoms. The third-order valence-electron chi connectivity index (χ3n) is 4.16. The molecule has 0 fully saturated rings. The van der Waals surface area contributed by atoms with Crippen LogP contribution in [0.1, 0.15) is 0 Å². The first-order valence-electron chi connectivity index (χ1n) is 8.05. The summed E-state index contributed by atoms with van der Waals surface area (Å²) < 4.78 is 16.7. The first kappa shape index (κ1) is 16.4. The number of hydrogen-bond donors (Lipinski definition) is 0. The lowest BCUT2D eigenvalue weighted by Crippen LogP contribution is -1.99. The highest BCUT2D eigenvalue weighted by atomic mass is 32.1. The van der Waals surface area contributed by atoms with E-state index in [2.05, 4.69) is 0 Å². The van der Waals surface area contributed by atoms with Crippen LogP contribution in [0.2, 0.25) is 0 Å². The normalized spacial score (nSPS) is 10.8. The fraction of sp³-hybridized carbons (Fsp3) is 0.0952. The topological polar surface area (TPSA) is 48.7 Å². The predicted octanol–water partition coefficient (Wildman–Crippen LogP) is 5.21. The van der Waals surface area contributed by atoms with Gasteiger partial charge < -0.3 is 13.9 Å². The van der Waals surface area contributed by atoms with E-state index >= 15 is 0 Å². The Morgan fingerprint density at radius 3 is 2.50 bits per heavy atom. The minimum Gasteiger partial charge on any atom is -0.497 e. The Bertz CT molecular complexity index is 1140. The molecule has 0 amide bonds. The van der Waals surface area contributed by atoms with Crippen molar-refractivity contribution >= 4 is 22.3 Å². The molecule has 4 aromatic rings. The van der Waals surface area contributed by atoms with E-state index in [0.29, 0.717) is 16.7 Å². The molecule has 0 bridgehead atoms. The van der Waals surface area contributed by atoms with Gasteiger partial charge in [0, 0.05) is 22.6 Å². The molecule has 0 saturated carbocycles. The Balaban J connectivity index is 1.79.